The lowest BCUT2D eigenvalue weighted by Crippen LogP contribution is -2.46. The van der Waals surface area contributed by atoms with Crippen molar-refractivity contribution in [2.24, 2.45) is 5.92 Å². The molecule has 5 nitrogen and oxygen atoms in total. The standard InChI is InChI=1S/C16H19NO4S/c1-9(18)13-6-7-14(22-13)15(19)17-11-5-3-2-4-10(11)8-12(17)16(20)21/h6-7,10-12H,2-5,8H2,1H3,(H,20,21). The first-order valence-corrected chi connectivity index (χ1v) is 8.47. The van der Waals surface area contributed by atoms with E-state index in [2.05, 4.69) is 0 Å². The minimum absolute atomic E-state index is 0.0326. The van der Waals surface area contributed by atoms with E-state index in [1.54, 1.807) is 17.0 Å². The fourth-order valence-electron chi connectivity index (χ4n) is 3.74. The van der Waals surface area contributed by atoms with E-state index in [0.717, 1.165) is 37.0 Å². The first-order chi connectivity index (χ1) is 10.5. The zero-order valence-corrected chi connectivity index (χ0v) is 13.3. The van der Waals surface area contributed by atoms with Crippen molar-refractivity contribution < 1.29 is 19.5 Å². The lowest BCUT2D eigenvalue weighted by Gasteiger charge is -2.32. The van der Waals surface area contributed by atoms with Crippen LogP contribution in [0.1, 0.15) is 58.4 Å². The highest BCUT2D eigenvalue weighted by atomic mass is 32.1. The van der Waals surface area contributed by atoms with Crippen LogP contribution in [0.2, 0.25) is 0 Å². The molecule has 1 aromatic heterocycles. The summed E-state index contributed by atoms with van der Waals surface area (Å²) in [5, 5.41) is 9.48. The summed E-state index contributed by atoms with van der Waals surface area (Å²) >= 11 is 1.16. The van der Waals surface area contributed by atoms with E-state index < -0.39 is 12.0 Å². The maximum Gasteiger partial charge on any atom is 0.326 e. The number of hydrogen-bond acceptors (Lipinski definition) is 4. The van der Waals surface area contributed by atoms with Crippen LogP contribution in [0.4, 0.5) is 0 Å². The Kier molecular flexibility index (Phi) is 4.04. The summed E-state index contributed by atoms with van der Waals surface area (Å²) in [4.78, 5) is 38.3. The Balaban J connectivity index is 1.89. The number of carboxylic acid groups (broad SMARTS) is 1. The normalized spacial score (nSPS) is 27.5. The summed E-state index contributed by atoms with van der Waals surface area (Å²) in [7, 11) is 0. The van der Waals surface area contributed by atoms with Crippen LogP contribution in [0.15, 0.2) is 12.1 Å². The maximum absolute atomic E-state index is 12.8. The van der Waals surface area contributed by atoms with Gasteiger partial charge in [-0.25, -0.2) is 4.79 Å². The SMILES string of the molecule is CC(=O)c1ccc(C(=O)N2C(C(=O)O)CC3CCCCC32)s1. The molecule has 1 saturated heterocycles. The molecular weight excluding hydrogens is 302 g/mol. The Labute approximate surface area is 132 Å². The molecule has 1 aromatic rings. The van der Waals surface area contributed by atoms with Crippen LogP contribution in [0.25, 0.3) is 0 Å². The monoisotopic (exact) mass is 321 g/mol. The fourth-order valence-corrected chi connectivity index (χ4v) is 4.59. The second kappa shape index (κ2) is 5.83. The minimum atomic E-state index is -0.925. The average Bonchev–Trinajstić information content (AvgIpc) is 3.11. The predicted molar refractivity (Wildman–Crippen MR) is 82.3 cm³/mol. The van der Waals surface area contributed by atoms with Crippen molar-refractivity contribution in [1.82, 2.24) is 4.90 Å². The fraction of sp³-hybridized carbons (Fsp3) is 0.562. The van der Waals surface area contributed by atoms with Crippen LogP contribution in [-0.4, -0.2) is 39.7 Å². The molecule has 6 heteroatoms. The lowest BCUT2D eigenvalue weighted by atomic mass is 9.85. The van der Waals surface area contributed by atoms with Crippen LogP contribution in [0.5, 0.6) is 0 Å². The molecule has 0 bridgehead atoms. The summed E-state index contributed by atoms with van der Waals surface area (Å²) < 4.78 is 0. The topological polar surface area (TPSA) is 74.7 Å². The van der Waals surface area contributed by atoms with Gasteiger partial charge in [0.1, 0.15) is 6.04 Å². The quantitative estimate of drug-likeness (QED) is 0.869. The van der Waals surface area contributed by atoms with Crippen molar-refractivity contribution in [3.8, 4) is 0 Å². The number of nitrogens with zero attached hydrogens (tertiary/aromatic N) is 1. The lowest BCUT2D eigenvalue weighted by molar-refractivity contribution is -0.141. The van der Waals surface area contributed by atoms with E-state index >= 15 is 0 Å². The van der Waals surface area contributed by atoms with Crippen LogP contribution in [-0.2, 0) is 4.79 Å². The number of ketones is 1. The van der Waals surface area contributed by atoms with E-state index in [0.29, 0.717) is 22.1 Å². The van der Waals surface area contributed by atoms with Gasteiger partial charge in [-0.05, 0) is 44.2 Å². The Morgan fingerprint density at radius 2 is 1.86 bits per heavy atom. The summed E-state index contributed by atoms with van der Waals surface area (Å²) in [6.45, 7) is 1.47. The number of likely N-dealkylation sites (tertiary alicyclic amines) is 1. The van der Waals surface area contributed by atoms with Crippen LogP contribution >= 0.6 is 11.3 Å². The number of Topliss-reactive ketones (excluding diaryl/α,β-unsaturated/α-hetero) is 1. The highest BCUT2D eigenvalue weighted by Crippen LogP contribution is 2.41. The van der Waals surface area contributed by atoms with Crippen molar-refractivity contribution in [2.45, 2.75) is 51.1 Å². The molecule has 2 aliphatic rings. The second-order valence-electron chi connectivity index (χ2n) is 6.13. The summed E-state index contributed by atoms with van der Waals surface area (Å²) in [6.07, 6.45) is 4.59. The molecule has 22 heavy (non-hydrogen) atoms. The van der Waals surface area contributed by atoms with Gasteiger partial charge in [0.05, 0.1) is 9.75 Å². The zero-order valence-electron chi connectivity index (χ0n) is 12.4. The number of aliphatic carboxylic acids is 1. The highest BCUT2D eigenvalue weighted by molar-refractivity contribution is 7.15. The van der Waals surface area contributed by atoms with E-state index in [4.69, 9.17) is 0 Å². The van der Waals surface area contributed by atoms with Gasteiger partial charge in [-0.3, -0.25) is 9.59 Å². The van der Waals surface area contributed by atoms with Crippen molar-refractivity contribution in [3.05, 3.63) is 21.9 Å². The van der Waals surface area contributed by atoms with E-state index in [1.807, 2.05) is 0 Å². The van der Waals surface area contributed by atoms with Gasteiger partial charge in [0.25, 0.3) is 5.91 Å². The molecule has 0 aromatic carbocycles. The van der Waals surface area contributed by atoms with Gasteiger partial charge in [-0.15, -0.1) is 11.3 Å². The molecule has 3 unspecified atom stereocenters. The Hall–Kier alpha value is -1.69. The third-order valence-corrected chi connectivity index (χ3v) is 5.95. The van der Waals surface area contributed by atoms with Gasteiger partial charge < -0.3 is 10.0 Å². The Morgan fingerprint density at radius 1 is 1.18 bits per heavy atom. The summed E-state index contributed by atoms with van der Waals surface area (Å²) in [5.41, 5.74) is 0. The van der Waals surface area contributed by atoms with E-state index in [9.17, 15) is 19.5 Å². The number of fused-ring (bicyclic) bond motifs is 1. The number of amides is 1. The Bertz CT molecular complexity index is 623. The molecule has 3 atom stereocenters. The molecule has 0 spiro atoms. The summed E-state index contributed by atoms with van der Waals surface area (Å²) in [5.74, 6) is -0.938. The molecular formula is C16H19NO4S. The van der Waals surface area contributed by atoms with Gasteiger partial charge in [-0.2, -0.15) is 0 Å². The van der Waals surface area contributed by atoms with Crippen molar-refractivity contribution in [3.63, 3.8) is 0 Å². The molecule has 2 heterocycles. The van der Waals surface area contributed by atoms with Gasteiger partial charge in [0, 0.05) is 6.04 Å². The van der Waals surface area contributed by atoms with Gasteiger partial charge in [-0.1, -0.05) is 12.8 Å². The third-order valence-electron chi connectivity index (χ3n) is 4.77. The third kappa shape index (κ3) is 2.56. The van der Waals surface area contributed by atoms with Crippen LogP contribution in [0, 0.1) is 5.92 Å². The van der Waals surface area contributed by atoms with E-state index in [-0.39, 0.29) is 17.7 Å². The molecule has 3 rings (SSSR count). The first kappa shape index (κ1) is 15.2. The van der Waals surface area contributed by atoms with Crippen LogP contribution < -0.4 is 0 Å². The molecule has 2 fully saturated rings. The van der Waals surface area contributed by atoms with Gasteiger partial charge in [0.2, 0.25) is 0 Å². The maximum atomic E-state index is 12.8. The molecule has 1 N–H and O–H groups in total. The predicted octanol–water partition coefficient (Wildman–Crippen LogP) is 2.81. The molecule has 1 aliphatic carbocycles. The summed E-state index contributed by atoms with van der Waals surface area (Å²) in [6, 6.07) is 2.58. The highest BCUT2D eigenvalue weighted by Gasteiger charge is 2.47. The molecule has 0 radical (unpaired) electrons. The average molecular weight is 321 g/mol. The van der Waals surface area contributed by atoms with Crippen LogP contribution in [0.3, 0.4) is 0 Å². The smallest absolute Gasteiger partial charge is 0.326 e. The first-order valence-electron chi connectivity index (χ1n) is 7.65. The Morgan fingerprint density at radius 3 is 2.50 bits per heavy atom. The number of carboxylic acids is 1. The van der Waals surface area contributed by atoms with E-state index in [1.165, 1.54) is 6.92 Å². The largest absolute Gasteiger partial charge is 0.480 e. The number of carbonyl (C=O) groups is 3. The molecule has 1 amide bonds. The minimum Gasteiger partial charge on any atom is -0.480 e. The van der Waals surface area contributed by atoms with Crippen molar-refractivity contribution in [1.29, 1.82) is 0 Å². The number of rotatable bonds is 3. The molecule has 1 saturated carbocycles. The van der Waals surface area contributed by atoms with Gasteiger partial charge in [0.15, 0.2) is 5.78 Å². The molecule has 118 valence electrons. The molecule has 1 aliphatic heterocycles. The number of carbonyl (C=O) groups excluding carboxylic acids is 2. The van der Waals surface area contributed by atoms with Crippen molar-refractivity contribution in [2.75, 3.05) is 0 Å². The number of hydrogen-bond donors (Lipinski definition) is 1. The van der Waals surface area contributed by atoms with Gasteiger partial charge >= 0.3 is 5.97 Å². The second-order valence-corrected chi connectivity index (χ2v) is 7.22. The van der Waals surface area contributed by atoms with Crippen molar-refractivity contribution >= 4 is 29.0 Å². The zero-order chi connectivity index (χ0) is 15.9. The number of thiophene rings is 1.